The topological polar surface area (TPSA) is 172 Å². The summed E-state index contributed by atoms with van der Waals surface area (Å²) >= 11 is 0. The second-order valence-electron chi connectivity index (χ2n) is 11.1. The number of amides is 3. The van der Waals surface area contributed by atoms with Crippen LogP contribution in [-0.2, 0) is 42.3 Å². The molecule has 0 spiro atoms. The minimum absolute atomic E-state index is 0.0213. The van der Waals surface area contributed by atoms with Gasteiger partial charge in [0.2, 0.25) is 11.8 Å². The molecule has 2 aromatic carbocycles. The fraction of sp³-hybridized carbons (Fsp3) is 0.448. The van der Waals surface area contributed by atoms with Crippen LogP contribution in [0.4, 0.5) is 0 Å². The molecule has 2 aliphatic heterocycles. The molecule has 4 N–H and O–H groups in total. The Morgan fingerprint density at radius 2 is 1.67 bits per heavy atom. The molecular weight excluding hydrogens is 562 g/mol. The highest BCUT2D eigenvalue weighted by Crippen LogP contribution is 2.38. The van der Waals surface area contributed by atoms with Crippen molar-refractivity contribution in [3.05, 3.63) is 71.8 Å². The van der Waals surface area contributed by atoms with Crippen molar-refractivity contribution in [2.45, 2.75) is 44.9 Å². The minimum Gasteiger partial charge on any atom is -0.374 e. The number of carbonyl (C=O) groups excluding carboxylic acids is 3. The molecule has 2 atom stereocenters. The zero-order chi connectivity index (χ0) is 31.1. The summed E-state index contributed by atoms with van der Waals surface area (Å²) in [7, 11) is -2.02. The summed E-state index contributed by atoms with van der Waals surface area (Å²) in [5, 5.41) is 8.67. The highest BCUT2D eigenvalue weighted by atomic mass is 32.2. The second kappa shape index (κ2) is 13.6. The van der Waals surface area contributed by atoms with Gasteiger partial charge in [0.15, 0.2) is 0 Å². The van der Waals surface area contributed by atoms with Gasteiger partial charge in [-0.25, -0.2) is 5.01 Å². The van der Waals surface area contributed by atoms with Gasteiger partial charge >= 0.3 is 0 Å². The number of nitrogens with zero attached hydrogens (tertiary/aromatic N) is 3. The maximum atomic E-state index is 13.8. The maximum absolute atomic E-state index is 13.8. The summed E-state index contributed by atoms with van der Waals surface area (Å²) < 4.78 is 31.7. The van der Waals surface area contributed by atoms with Crippen molar-refractivity contribution in [3.63, 3.8) is 0 Å². The molecule has 42 heavy (non-hydrogen) atoms. The molecule has 0 unspecified atom stereocenters. The largest absolute Gasteiger partial charge is 0.374 e. The molecule has 0 bridgehead atoms. The monoisotopic (exact) mass is 601 g/mol. The maximum Gasteiger partial charge on any atom is 0.261 e. The van der Waals surface area contributed by atoms with Gasteiger partial charge < -0.3 is 20.7 Å². The van der Waals surface area contributed by atoms with Gasteiger partial charge in [0.05, 0.1) is 30.7 Å². The third-order valence-electron chi connectivity index (χ3n) is 6.85. The number of fused-ring (bicyclic) bond motifs is 1. The summed E-state index contributed by atoms with van der Waals surface area (Å²) in [6, 6.07) is 18.4. The van der Waals surface area contributed by atoms with Crippen LogP contribution in [0, 0.1) is 5.41 Å². The molecule has 0 aromatic heterocycles. The van der Waals surface area contributed by atoms with Gasteiger partial charge in [-0.05, 0) is 31.4 Å². The normalized spacial score (nSPS) is 19.3. The van der Waals surface area contributed by atoms with Crippen molar-refractivity contribution in [2.24, 2.45) is 16.3 Å². The number of benzene rings is 2. The Balaban J connectivity index is 0.000000892. The lowest BCUT2D eigenvalue weighted by atomic mass is 9.73. The molecule has 13 heteroatoms. The Kier molecular flexibility index (Phi) is 10.6. The lowest BCUT2D eigenvalue weighted by Gasteiger charge is -2.40. The lowest BCUT2D eigenvalue weighted by Crippen LogP contribution is -2.61. The predicted molar refractivity (Wildman–Crippen MR) is 158 cm³/mol. The van der Waals surface area contributed by atoms with E-state index in [9.17, 15) is 22.8 Å². The Labute approximate surface area is 246 Å². The zero-order valence-corrected chi connectivity index (χ0v) is 25.1. The van der Waals surface area contributed by atoms with Crippen molar-refractivity contribution < 1.29 is 32.1 Å². The van der Waals surface area contributed by atoms with E-state index in [4.69, 9.17) is 15.0 Å². The predicted octanol–water partition coefficient (Wildman–Crippen LogP) is 1.22. The Morgan fingerprint density at radius 3 is 2.21 bits per heavy atom. The number of rotatable bonds is 9. The first kappa shape index (κ1) is 32.9. The van der Waals surface area contributed by atoms with Gasteiger partial charge in [-0.1, -0.05) is 60.7 Å². The molecule has 0 radical (unpaired) electrons. The molecule has 2 heterocycles. The molecule has 2 aliphatic rings. The fourth-order valence-electron chi connectivity index (χ4n) is 4.82. The van der Waals surface area contributed by atoms with E-state index < -0.39 is 33.0 Å². The second-order valence-corrected chi connectivity index (χ2v) is 12.6. The first-order chi connectivity index (χ1) is 19.6. The number of hydrazone groups is 1. The van der Waals surface area contributed by atoms with Crippen LogP contribution in [0.3, 0.4) is 0 Å². The van der Waals surface area contributed by atoms with Gasteiger partial charge in [0, 0.05) is 26.6 Å². The van der Waals surface area contributed by atoms with Crippen LogP contribution in [0.1, 0.15) is 31.4 Å². The standard InChI is InChI=1S/C28H35N5O4.CH4O3S/c1-27(2,29)25(35)30-22(18-37-17-21-12-8-5-9-13-21)24(34)33-15-14-23-28(19-33,26(36)32(3)31-23)16-20-10-6-4-7-11-20;1-5(2,3)4/h4-13,22H,14-19,29H2,1-3H3,(H,30,35);1H3,(H,2,3,4)/t22-,28-;/m1./s1. The molecule has 3 amide bonds. The van der Waals surface area contributed by atoms with E-state index in [1.165, 1.54) is 5.01 Å². The molecule has 228 valence electrons. The Hall–Kier alpha value is -3.65. The molecular formula is C29H39N5O7S. The van der Waals surface area contributed by atoms with Crippen LogP contribution in [0.5, 0.6) is 0 Å². The number of hydrogen-bond acceptors (Lipinski definition) is 8. The van der Waals surface area contributed by atoms with Crippen LogP contribution < -0.4 is 11.1 Å². The molecule has 0 saturated carbocycles. The fourth-order valence-corrected chi connectivity index (χ4v) is 4.82. The van der Waals surface area contributed by atoms with Gasteiger partial charge in [-0.15, -0.1) is 0 Å². The van der Waals surface area contributed by atoms with E-state index in [1.807, 2.05) is 60.7 Å². The highest BCUT2D eigenvalue weighted by Gasteiger charge is 2.54. The smallest absolute Gasteiger partial charge is 0.261 e. The average molecular weight is 602 g/mol. The van der Waals surface area contributed by atoms with E-state index in [0.717, 1.165) is 16.8 Å². The van der Waals surface area contributed by atoms with Crippen LogP contribution in [0.2, 0.25) is 0 Å². The molecule has 1 fully saturated rings. The number of nitrogens with two attached hydrogens (primary N) is 1. The minimum atomic E-state index is -3.67. The number of nitrogens with one attached hydrogen (secondary N) is 1. The van der Waals surface area contributed by atoms with E-state index >= 15 is 0 Å². The van der Waals surface area contributed by atoms with Gasteiger partial charge in [0.1, 0.15) is 11.5 Å². The number of ether oxygens (including phenoxy) is 1. The van der Waals surface area contributed by atoms with Crippen LogP contribution in [0.15, 0.2) is 65.8 Å². The summed E-state index contributed by atoms with van der Waals surface area (Å²) in [4.78, 5) is 41.6. The van der Waals surface area contributed by atoms with Gasteiger partial charge in [0.25, 0.3) is 16.0 Å². The SMILES string of the molecule is CN1N=C2CCN(C(=O)[C@@H](COCc3ccccc3)NC(=O)C(C)(C)N)C[C@@]2(Cc2ccccc2)C1=O.CS(=O)(=O)O. The lowest BCUT2D eigenvalue weighted by molar-refractivity contribution is -0.143. The average Bonchev–Trinajstić information content (AvgIpc) is 3.16. The van der Waals surface area contributed by atoms with Crippen molar-refractivity contribution >= 4 is 33.6 Å². The zero-order valence-electron chi connectivity index (χ0n) is 24.3. The van der Waals surface area contributed by atoms with Crippen molar-refractivity contribution in [3.8, 4) is 0 Å². The third kappa shape index (κ3) is 8.92. The summed E-state index contributed by atoms with van der Waals surface area (Å²) in [6.45, 7) is 4.02. The third-order valence-corrected chi connectivity index (χ3v) is 6.85. The first-order valence-corrected chi connectivity index (χ1v) is 15.3. The molecule has 2 aromatic rings. The molecule has 1 saturated heterocycles. The van der Waals surface area contributed by atoms with Gasteiger partial charge in [-0.3, -0.25) is 18.9 Å². The van der Waals surface area contributed by atoms with E-state index in [1.54, 1.807) is 25.8 Å². The molecule has 4 rings (SSSR count). The van der Waals surface area contributed by atoms with Crippen LogP contribution in [-0.4, -0.2) is 90.9 Å². The van der Waals surface area contributed by atoms with Crippen molar-refractivity contribution in [2.75, 3.05) is 33.0 Å². The summed E-state index contributed by atoms with van der Waals surface area (Å²) in [6.07, 6.45) is 1.63. The van der Waals surface area contributed by atoms with Crippen molar-refractivity contribution in [1.82, 2.24) is 15.2 Å². The number of carbonyl (C=O) groups is 3. The Bertz CT molecular complexity index is 1390. The van der Waals surface area contributed by atoms with E-state index in [0.29, 0.717) is 32.2 Å². The number of piperidine rings is 1. The summed E-state index contributed by atoms with van der Waals surface area (Å²) in [5.74, 6) is -0.892. The number of hydrogen-bond donors (Lipinski definition) is 3. The first-order valence-electron chi connectivity index (χ1n) is 13.4. The van der Waals surface area contributed by atoms with Crippen LogP contribution >= 0.6 is 0 Å². The number of likely N-dealkylation sites (tertiary alicyclic amines) is 1. The van der Waals surface area contributed by atoms with Gasteiger partial charge in [-0.2, -0.15) is 13.5 Å². The summed E-state index contributed by atoms with van der Waals surface area (Å²) in [5.41, 5.74) is 6.63. The van der Waals surface area contributed by atoms with Crippen molar-refractivity contribution in [1.29, 1.82) is 0 Å². The molecule has 12 nitrogen and oxygen atoms in total. The Morgan fingerprint density at radius 1 is 1.12 bits per heavy atom. The van der Waals surface area contributed by atoms with E-state index in [2.05, 4.69) is 10.4 Å². The van der Waals surface area contributed by atoms with Crippen LogP contribution in [0.25, 0.3) is 0 Å². The quantitative estimate of drug-likeness (QED) is 0.360. The highest BCUT2D eigenvalue weighted by molar-refractivity contribution is 7.85. The van der Waals surface area contributed by atoms with E-state index in [-0.39, 0.29) is 25.0 Å². The molecule has 0 aliphatic carbocycles.